The fourth-order valence-electron chi connectivity index (χ4n) is 9.31. The number of phenols is 1. The van der Waals surface area contributed by atoms with Crippen molar-refractivity contribution >= 4 is 22.5 Å². The highest BCUT2D eigenvalue weighted by molar-refractivity contribution is 5.93. The number of likely N-dealkylation sites (N-methyl/N-ethyl adjacent to an activating group) is 1. The van der Waals surface area contributed by atoms with Gasteiger partial charge >= 0.3 is 6.01 Å². The number of fused-ring (bicyclic) bond motifs is 2. The van der Waals surface area contributed by atoms with Crippen molar-refractivity contribution < 1.29 is 28.2 Å². The minimum absolute atomic E-state index is 0.0852. The van der Waals surface area contributed by atoms with Crippen LogP contribution >= 0.6 is 0 Å². The molecule has 2 aromatic carbocycles. The van der Waals surface area contributed by atoms with E-state index in [1.807, 2.05) is 7.05 Å². The van der Waals surface area contributed by atoms with Crippen molar-refractivity contribution in [1.82, 2.24) is 19.8 Å². The number of ether oxygens (including phenoxy) is 2. The number of halogens is 2. The van der Waals surface area contributed by atoms with Crippen molar-refractivity contribution in [3.63, 3.8) is 0 Å². The summed E-state index contributed by atoms with van der Waals surface area (Å²) in [4.78, 5) is 26.8. The highest BCUT2D eigenvalue weighted by Gasteiger charge is 2.47. The predicted molar refractivity (Wildman–Crippen MR) is 197 cm³/mol. The van der Waals surface area contributed by atoms with Crippen LogP contribution in [0.15, 0.2) is 36.9 Å². The summed E-state index contributed by atoms with van der Waals surface area (Å²) in [6.07, 6.45) is 13.8. The van der Waals surface area contributed by atoms with E-state index >= 15 is 4.39 Å². The number of amides is 1. The molecule has 9 nitrogen and oxygen atoms in total. The van der Waals surface area contributed by atoms with Crippen LogP contribution in [-0.4, -0.2) is 94.0 Å². The zero-order chi connectivity index (χ0) is 36.6. The molecule has 3 aromatic rings. The van der Waals surface area contributed by atoms with Gasteiger partial charge in [-0.15, -0.1) is 6.42 Å². The molecule has 2 aliphatic heterocycles. The lowest BCUT2D eigenvalue weighted by molar-refractivity contribution is -0.129. The van der Waals surface area contributed by atoms with Crippen LogP contribution in [0.5, 0.6) is 11.8 Å². The van der Waals surface area contributed by atoms with E-state index < -0.39 is 23.1 Å². The normalized spacial score (nSPS) is 24.7. The van der Waals surface area contributed by atoms with Gasteiger partial charge in [0.2, 0.25) is 5.91 Å². The Morgan fingerprint density at radius 3 is 2.75 bits per heavy atom. The summed E-state index contributed by atoms with van der Waals surface area (Å²) < 4.78 is 42.1. The molecule has 2 aliphatic carbocycles. The van der Waals surface area contributed by atoms with E-state index in [2.05, 4.69) is 29.6 Å². The van der Waals surface area contributed by atoms with Crippen LogP contribution in [0, 0.1) is 18.2 Å². The van der Waals surface area contributed by atoms with E-state index in [1.54, 1.807) is 23.1 Å². The van der Waals surface area contributed by atoms with Crippen molar-refractivity contribution in [1.29, 1.82) is 0 Å². The quantitative estimate of drug-likeness (QED) is 0.183. The van der Waals surface area contributed by atoms with Gasteiger partial charge in [0.1, 0.15) is 30.2 Å². The van der Waals surface area contributed by atoms with Gasteiger partial charge in [-0.1, -0.05) is 31.4 Å². The topological polar surface area (TPSA) is 100 Å². The first-order valence-electron chi connectivity index (χ1n) is 18.6. The molecule has 2 saturated heterocycles. The number of terminal acetylenes is 1. The van der Waals surface area contributed by atoms with E-state index in [-0.39, 0.29) is 41.8 Å². The van der Waals surface area contributed by atoms with Crippen LogP contribution < -0.4 is 10.1 Å². The molecule has 7 rings (SSSR count). The zero-order valence-corrected chi connectivity index (χ0v) is 30.2. The van der Waals surface area contributed by atoms with Crippen molar-refractivity contribution in [3.8, 4) is 24.1 Å². The molecule has 4 aliphatic rings. The van der Waals surface area contributed by atoms with Crippen LogP contribution in [0.1, 0.15) is 86.6 Å². The maximum atomic E-state index is 15.0. The fourth-order valence-corrected chi connectivity index (χ4v) is 9.31. The SMILES string of the molecule is C#Cc1c(F)ccc2cc(O)cc([C@H]3CCc4c(nc(OC[C@]5(C)C[C@@H](F)CN5C5CCOCC5)nc4NCC4(N(C)C(=O)C=C)CCCC4)C3)c12. The van der Waals surface area contributed by atoms with Gasteiger partial charge in [-0.2, -0.15) is 9.97 Å². The molecule has 0 unspecified atom stereocenters. The Morgan fingerprint density at radius 2 is 2.02 bits per heavy atom. The van der Waals surface area contributed by atoms with Gasteiger partial charge < -0.3 is 24.8 Å². The number of hydrogen-bond acceptors (Lipinski definition) is 8. The largest absolute Gasteiger partial charge is 0.508 e. The number of carbonyl (C=O) groups excluding carboxylic acids is 1. The lowest BCUT2D eigenvalue weighted by Gasteiger charge is -2.41. The van der Waals surface area contributed by atoms with Crippen molar-refractivity contribution in [2.75, 3.05) is 45.3 Å². The molecule has 3 fully saturated rings. The van der Waals surface area contributed by atoms with E-state index in [1.165, 1.54) is 12.1 Å². The summed E-state index contributed by atoms with van der Waals surface area (Å²) in [6.45, 7) is 8.18. The average molecular weight is 714 g/mol. The second-order valence-corrected chi connectivity index (χ2v) is 15.4. The molecule has 1 amide bonds. The summed E-state index contributed by atoms with van der Waals surface area (Å²) in [5, 5.41) is 15.6. The molecular formula is C41H49F2N5O4. The number of nitrogens with zero attached hydrogens (tertiary/aromatic N) is 4. The Balaban J connectivity index is 1.23. The van der Waals surface area contributed by atoms with Gasteiger partial charge in [0.05, 0.1) is 22.3 Å². The number of aromatic nitrogens is 2. The lowest BCUT2D eigenvalue weighted by atomic mass is 9.79. The van der Waals surface area contributed by atoms with Crippen LogP contribution in [-0.2, 0) is 22.4 Å². The second kappa shape index (κ2) is 14.6. The first-order valence-corrected chi connectivity index (χ1v) is 18.6. The molecule has 3 atom stereocenters. The molecule has 11 heteroatoms. The van der Waals surface area contributed by atoms with Crippen LogP contribution in [0.25, 0.3) is 10.8 Å². The van der Waals surface area contributed by atoms with Crippen molar-refractivity contribution in [2.45, 2.75) is 100 Å². The number of phenolic OH excluding ortho intramolecular Hbond substituents is 1. The van der Waals surface area contributed by atoms with Gasteiger partial charge in [0.15, 0.2) is 0 Å². The third-order valence-electron chi connectivity index (χ3n) is 12.2. The van der Waals surface area contributed by atoms with Crippen molar-refractivity contribution in [2.24, 2.45) is 0 Å². The highest BCUT2D eigenvalue weighted by atomic mass is 19.1. The Labute approximate surface area is 304 Å². The molecule has 0 spiro atoms. The summed E-state index contributed by atoms with van der Waals surface area (Å²) in [6, 6.07) is 6.69. The van der Waals surface area contributed by atoms with Crippen LogP contribution in [0.2, 0.25) is 0 Å². The van der Waals surface area contributed by atoms with Gasteiger partial charge in [-0.25, -0.2) is 8.78 Å². The Bertz CT molecular complexity index is 1890. The fraction of sp³-hybridized carbons (Fsp3) is 0.537. The molecule has 2 N–H and O–H groups in total. The monoisotopic (exact) mass is 713 g/mol. The number of hydrogen-bond donors (Lipinski definition) is 2. The molecule has 52 heavy (non-hydrogen) atoms. The minimum atomic E-state index is -0.952. The first kappa shape index (κ1) is 36.1. The number of carbonyl (C=O) groups is 1. The maximum absolute atomic E-state index is 15.0. The number of anilines is 1. The molecule has 0 bridgehead atoms. The van der Waals surface area contributed by atoms with Gasteiger partial charge in [-0.05, 0) is 93.0 Å². The van der Waals surface area contributed by atoms with E-state index in [4.69, 9.17) is 25.9 Å². The number of rotatable bonds is 10. The Kier molecular flexibility index (Phi) is 10.2. The van der Waals surface area contributed by atoms with Gasteiger partial charge in [0, 0.05) is 56.8 Å². The number of nitrogens with one attached hydrogen (secondary N) is 1. The number of benzene rings is 2. The second-order valence-electron chi connectivity index (χ2n) is 15.4. The summed E-state index contributed by atoms with van der Waals surface area (Å²) in [5.41, 5.74) is 1.76. The maximum Gasteiger partial charge on any atom is 0.318 e. The molecular weight excluding hydrogens is 664 g/mol. The number of aromatic hydroxyl groups is 1. The van der Waals surface area contributed by atoms with Crippen LogP contribution in [0.4, 0.5) is 14.6 Å². The predicted octanol–water partition coefficient (Wildman–Crippen LogP) is 6.46. The van der Waals surface area contributed by atoms with Gasteiger partial charge in [-0.3, -0.25) is 9.69 Å². The average Bonchev–Trinajstić information content (AvgIpc) is 3.76. The molecule has 1 aromatic heterocycles. The number of alkyl halides is 1. The summed E-state index contributed by atoms with van der Waals surface area (Å²) in [7, 11) is 1.84. The smallest absolute Gasteiger partial charge is 0.318 e. The van der Waals surface area contributed by atoms with Crippen molar-refractivity contribution in [3.05, 3.63) is 65.1 Å². The number of likely N-dealkylation sites (tertiary alicyclic amines) is 1. The Morgan fingerprint density at radius 1 is 1.25 bits per heavy atom. The molecule has 1 saturated carbocycles. The van der Waals surface area contributed by atoms with Gasteiger partial charge in [0.25, 0.3) is 0 Å². The Hall–Kier alpha value is -4.27. The zero-order valence-electron chi connectivity index (χ0n) is 30.2. The van der Waals surface area contributed by atoms with E-state index in [0.29, 0.717) is 68.6 Å². The minimum Gasteiger partial charge on any atom is -0.508 e. The molecule has 0 radical (unpaired) electrons. The highest BCUT2D eigenvalue weighted by Crippen LogP contribution is 2.42. The standard InChI is InChI=1S/C41H49F2N5O4/c1-5-31-34(43)12-10-27-19-30(49)21-33(37(27)31)26-9-11-32-35(20-26)45-39(46-38(32)44-24-41(15-7-8-16-41)47(4)36(50)6-2)52-25-40(3)22-28(42)23-48(40)29-13-17-51-18-14-29/h1,6,10,12,19,21,26,28-29,49H,2,7-9,11,13-18,20,22-25H2,3-4H3,(H,44,45,46)/t26-,28+,40-/m0/s1. The third-order valence-corrected chi connectivity index (χ3v) is 12.2. The molecule has 3 heterocycles. The lowest BCUT2D eigenvalue weighted by Crippen LogP contribution is -2.52. The van der Waals surface area contributed by atoms with Crippen LogP contribution in [0.3, 0.4) is 0 Å². The summed E-state index contributed by atoms with van der Waals surface area (Å²) in [5.74, 6) is 2.56. The third kappa shape index (κ3) is 6.83. The first-order chi connectivity index (χ1) is 25.0. The van der Waals surface area contributed by atoms with E-state index in [9.17, 15) is 14.3 Å². The van der Waals surface area contributed by atoms with E-state index in [0.717, 1.165) is 55.3 Å². The molecule has 276 valence electrons. The summed E-state index contributed by atoms with van der Waals surface area (Å²) >= 11 is 0.